The standard InChI is InChI=1S/C29H33F11O/c1-2-3-4-5-6-7-8-11-21-14-17-23(25(31)24(21)30)20-12-15-22(16-13-20)41-19-10-9-18-26(32,33)27(34,35)28(36,37)29(38,39)40/h12-17H,2-11,18-19H2,1H3. The summed E-state index contributed by atoms with van der Waals surface area (Å²) in [4.78, 5) is 0. The lowest BCUT2D eigenvalue weighted by atomic mass is 9.99. The summed E-state index contributed by atoms with van der Waals surface area (Å²) in [7, 11) is 0. The van der Waals surface area contributed by atoms with Gasteiger partial charge in [-0.1, -0.05) is 69.7 Å². The number of aryl methyl sites for hydroxylation is 1. The van der Waals surface area contributed by atoms with Crippen molar-refractivity contribution in [3.8, 4) is 16.9 Å². The lowest BCUT2D eigenvalue weighted by Crippen LogP contribution is -2.60. The molecular formula is C29H33F11O. The Bertz CT molecular complexity index is 1080. The summed E-state index contributed by atoms with van der Waals surface area (Å²) in [5, 5.41) is 0. The number of unbranched alkanes of at least 4 members (excludes halogenated alkanes) is 7. The van der Waals surface area contributed by atoms with Gasteiger partial charge in [0.05, 0.1) is 6.61 Å². The van der Waals surface area contributed by atoms with Gasteiger partial charge in [-0.05, 0) is 48.9 Å². The van der Waals surface area contributed by atoms with Crippen molar-refractivity contribution in [1.82, 2.24) is 0 Å². The van der Waals surface area contributed by atoms with Crippen LogP contribution in [0, 0.1) is 11.6 Å². The van der Waals surface area contributed by atoms with Crippen LogP contribution in [0.25, 0.3) is 11.1 Å². The molecule has 41 heavy (non-hydrogen) atoms. The van der Waals surface area contributed by atoms with Gasteiger partial charge in [0, 0.05) is 12.0 Å². The molecular weight excluding hydrogens is 573 g/mol. The van der Waals surface area contributed by atoms with E-state index >= 15 is 0 Å². The summed E-state index contributed by atoms with van der Waals surface area (Å²) in [5.74, 6) is -20.9. The fraction of sp³-hybridized carbons (Fsp3) is 0.586. The van der Waals surface area contributed by atoms with Crippen molar-refractivity contribution in [3.05, 3.63) is 53.6 Å². The Balaban J connectivity index is 1.86. The molecule has 2 aromatic carbocycles. The summed E-state index contributed by atoms with van der Waals surface area (Å²) in [6.45, 7) is 1.79. The highest BCUT2D eigenvalue weighted by molar-refractivity contribution is 5.65. The van der Waals surface area contributed by atoms with E-state index in [0.717, 1.165) is 38.5 Å². The van der Waals surface area contributed by atoms with E-state index in [0.29, 0.717) is 12.0 Å². The summed E-state index contributed by atoms with van der Waals surface area (Å²) in [5.41, 5.74) is 0.616. The van der Waals surface area contributed by atoms with Crippen LogP contribution < -0.4 is 4.74 Å². The average Bonchev–Trinajstić information content (AvgIpc) is 2.90. The second-order valence-corrected chi connectivity index (χ2v) is 9.95. The predicted octanol–water partition coefficient (Wildman–Crippen LogP) is 10.9. The van der Waals surface area contributed by atoms with E-state index in [2.05, 4.69) is 6.92 Å². The van der Waals surface area contributed by atoms with Crippen molar-refractivity contribution in [2.75, 3.05) is 6.61 Å². The van der Waals surface area contributed by atoms with Crippen molar-refractivity contribution in [3.63, 3.8) is 0 Å². The van der Waals surface area contributed by atoms with Crippen molar-refractivity contribution in [2.45, 2.75) is 101 Å². The molecule has 0 amide bonds. The molecule has 0 N–H and O–H groups in total. The first-order valence-electron chi connectivity index (χ1n) is 13.5. The van der Waals surface area contributed by atoms with Crippen LogP contribution in [0.2, 0.25) is 0 Å². The molecule has 2 aromatic rings. The molecule has 0 unspecified atom stereocenters. The second kappa shape index (κ2) is 14.6. The van der Waals surface area contributed by atoms with Crippen molar-refractivity contribution in [2.24, 2.45) is 0 Å². The Hall–Kier alpha value is -2.53. The zero-order valence-electron chi connectivity index (χ0n) is 22.5. The van der Waals surface area contributed by atoms with Gasteiger partial charge in [-0.3, -0.25) is 0 Å². The Morgan fingerprint density at radius 3 is 1.78 bits per heavy atom. The van der Waals surface area contributed by atoms with E-state index in [1.165, 1.54) is 42.8 Å². The Labute approximate surface area is 232 Å². The Morgan fingerprint density at radius 1 is 0.610 bits per heavy atom. The molecule has 0 saturated heterocycles. The lowest BCUT2D eigenvalue weighted by molar-refractivity contribution is -0.396. The van der Waals surface area contributed by atoms with Gasteiger partial charge in [-0.25, -0.2) is 8.78 Å². The molecule has 232 valence electrons. The van der Waals surface area contributed by atoms with Crippen LogP contribution in [0.15, 0.2) is 36.4 Å². The van der Waals surface area contributed by atoms with Gasteiger partial charge >= 0.3 is 23.9 Å². The second-order valence-electron chi connectivity index (χ2n) is 9.95. The first kappa shape index (κ1) is 34.7. The van der Waals surface area contributed by atoms with Crippen LogP contribution in [-0.2, 0) is 6.42 Å². The molecule has 0 heterocycles. The molecule has 0 aromatic heterocycles. The monoisotopic (exact) mass is 606 g/mol. The summed E-state index contributed by atoms with van der Waals surface area (Å²) in [6.07, 6.45) is -2.22. The molecule has 2 rings (SSSR count). The summed E-state index contributed by atoms with van der Waals surface area (Å²) >= 11 is 0. The molecule has 0 aliphatic carbocycles. The molecule has 0 atom stereocenters. The maximum atomic E-state index is 14.7. The van der Waals surface area contributed by atoms with Crippen LogP contribution in [0.1, 0.15) is 76.7 Å². The third-order valence-corrected chi connectivity index (χ3v) is 6.74. The maximum Gasteiger partial charge on any atom is 0.460 e. The van der Waals surface area contributed by atoms with E-state index in [4.69, 9.17) is 4.74 Å². The minimum atomic E-state index is -6.90. The molecule has 1 nitrogen and oxygen atoms in total. The Morgan fingerprint density at radius 2 is 1.20 bits per heavy atom. The zero-order chi connectivity index (χ0) is 30.9. The first-order chi connectivity index (χ1) is 19.1. The molecule has 0 radical (unpaired) electrons. The number of hydrogen-bond acceptors (Lipinski definition) is 1. The minimum absolute atomic E-state index is 0.0104. The molecule has 0 bridgehead atoms. The molecule has 0 fully saturated rings. The molecule has 12 heteroatoms. The lowest BCUT2D eigenvalue weighted by Gasteiger charge is -2.33. The third kappa shape index (κ3) is 8.73. The van der Waals surface area contributed by atoms with Crippen LogP contribution in [0.4, 0.5) is 48.3 Å². The van der Waals surface area contributed by atoms with Gasteiger partial charge in [0.25, 0.3) is 0 Å². The highest BCUT2D eigenvalue weighted by Gasteiger charge is 2.81. The summed E-state index contributed by atoms with van der Waals surface area (Å²) < 4.78 is 151. The quantitative estimate of drug-likeness (QED) is 0.129. The number of hydrogen-bond donors (Lipinski definition) is 0. The van der Waals surface area contributed by atoms with Crippen LogP contribution in [0.3, 0.4) is 0 Å². The zero-order valence-corrected chi connectivity index (χ0v) is 22.5. The highest BCUT2D eigenvalue weighted by Crippen LogP contribution is 2.54. The molecule has 0 spiro atoms. The SMILES string of the molecule is CCCCCCCCCc1ccc(-c2ccc(OCCCCC(F)(F)C(F)(F)C(F)(F)C(F)(F)F)cc2)c(F)c1F. The normalized spacial score (nSPS) is 13.1. The first-order valence-corrected chi connectivity index (χ1v) is 13.5. The maximum absolute atomic E-state index is 14.7. The fourth-order valence-corrected chi connectivity index (χ4v) is 4.21. The molecule has 0 aliphatic heterocycles. The van der Waals surface area contributed by atoms with Gasteiger partial charge in [-0.2, -0.15) is 39.5 Å². The number of benzene rings is 2. The van der Waals surface area contributed by atoms with Crippen LogP contribution in [0.5, 0.6) is 5.75 Å². The van der Waals surface area contributed by atoms with Gasteiger partial charge in [0.2, 0.25) is 0 Å². The van der Waals surface area contributed by atoms with E-state index in [1.54, 1.807) is 0 Å². The molecule has 0 aliphatic rings. The van der Waals surface area contributed by atoms with Gasteiger partial charge in [0.15, 0.2) is 11.6 Å². The molecule has 0 saturated carbocycles. The largest absolute Gasteiger partial charge is 0.494 e. The van der Waals surface area contributed by atoms with Crippen molar-refractivity contribution < 1.29 is 53.0 Å². The van der Waals surface area contributed by atoms with Crippen LogP contribution >= 0.6 is 0 Å². The van der Waals surface area contributed by atoms with Gasteiger partial charge in [-0.15, -0.1) is 0 Å². The average molecular weight is 607 g/mol. The highest BCUT2D eigenvalue weighted by atomic mass is 19.4. The third-order valence-electron chi connectivity index (χ3n) is 6.74. The smallest absolute Gasteiger partial charge is 0.460 e. The summed E-state index contributed by atoms with van der Waals surface area (Å²) in [6, 6.07) is 8.55. The Kier molecular flexibility index (Phi) is 12.3. The predicted molar refractivity (Wildman–Crippen MR) is 134 cm³/mol. The number of rotatable bonds is 17. The van der Waals surface area contributed by atoms with Gasteiger partial charge in [0.1, 0.15) is 5.75 Å². The number of ether oxygens (including phenoxy) is 1. The van der Waals surface area contributed by atoms with Crippen LogP contribution in [-0.4, -0.2) is 30.6 Å². The minimum Gasteiger partial charge on any atom is -0.494 e. The van der Waals surface area contributed by atoms with Crippen molar-refractivity contribution in [1.29, 1.82) is 0 Å². The van der Waals surface area contributed by atoms with E-state index in [9.17, 15) is 48.3 Å². The van der Waals surface area contributed by atoms with Crippen molar-refractivity contribution >= 4 is 0 Å². The topological polar surface area (TPSA) is 9.23 Å². The van der Waals surface area contributed by atoms with E-state index < -0.39 is 48.4 Å². The number of alkyl halides is 9. The fourth-order valence-electron chi connectivity index (χ4n) is 4.21. The van der Waals surface area contributed by atoms with E-state index in [-0.39, 0.29) is 29.9 Å². The number of halogens is 11. The van der Waals surface area contributed by atoms with E-state index in [1.807, 2.05) is 0 Å². The van der Waals surface area contributed by atoms with Gasteiger partial charge < -0.3 is 4.74 Å².